The second kappa shape index (κ2) is 19.2. The third-order valence-corrected chi connectivity index (χ3v) is 6.71. The highest BCUT2D eigenvalue weighted by molar-refractivity contribution is 5.99. The molecule has 200 valence electrons. The predicted molar refractivity (Wildman–Crippen MR) is 143 cm³/mol. The van der Waals surface area contributed by atoms with E-state index in [2.05, 4.69) is 37.7 Å². The first-order valence-corrected chi connectivity index (χ1v) is 13.6. The molecule has 0 amide bonds. The maximum absolute atomic E-state index is 12.6. The maximum atomic E-state index is 12.6. The van der Waals surface area contributed by atoms with Gasteiger partial charge < -0.3 is 4.74 Å². The number of rotatable bonds is 12. The van der Waals surface area contributed by atoms with Crippen molar-refractivity contribution >= 4 is 23.3 Å². The number of ether oxygens (including phenoxy) is 1. The van der Waals surface area contributed by atoms with Gasteiger partial charge in [0.05, 0.1) is 13.0 Å². The van der Waals surface area contributed by atoms with Crippen LogP contribution in [-0.4, -0.2) is 29.9 Å². The fraction of sp³-hybridized carbons (Fsp3) is 0.733. The zero-order valence-electron chi connectivity index (χ0n) is 23.4. The summed E-state index contributed by atoms with van der Waals surface area (Å²) in [5.74, 6) is 0.705. The number of carbonyl (C=O) groups excluding carboxylic acids is 4. The van der Waals surface area contributed by atoms with Crippen LogP contribution in [0.2, 0.25) is 0 Å². The molecule has 0 saturated carbocycles. The van der Waals surface area contributed by atoms with Gasteiger partial charge in [-0.1, -0.05) is 63.3 Å². The first-order valence-electron chi connectivity index (χ1n) is 13.6. The molecule has 1 aliphatic rings. The van der Waals surface area contributed by atoms with Gasteiger partial charge in [-0.25, -0.2) is 0 Å². The quantitative estimate of drug-likeness (QED) is 0.162. The van der Waals surface area contributed by atoms with E-state index in [1.165, 1.54) is 19.4 Å². The zero-order chi connectivity index (χ0) is 26.8. The standard InChI is InChI=1S/C24H38O3.C6H12O2/c1-6-10-21(23(7-2)24(27)14-19(5)25)15-20-12-9-8-11-17(3)18(4)13-22(26)16-20;1-3-4-5-8-6(2)7/h8,11,20-21,23H,6-7,9-10,12-16H2,1-5H3;3-5H2,1-2H3/b11-8-,18-17-;. The number of esters is 1. The lowest BCUT2D eigenvalue weighted by Gasteiger charge is -2.29. The van der Waals surface area contributed by atoms with E-state index in [4.69, 9.17) is 0 Å². The molecule has 3 unspecified atom stereocenters. The van der Waals surface area contributed by atoms with Crippen LogP contribution >= 0.6 is 0 Å². The van der Waals surface area contributed by atoms with E-state index in [0.717, 1.165) is 56.9 Å². The molecular formula is C30H50O5. The van der Waals surface area contributed by atoms with Crippen LogP contribution in [0.3, 0.4) is 0 Å². The van der Waals surface area contributed by atoms with Crippen molar-refractivity contribution in [3.05, 3.63) is 23.3 Å². The highest BCUT2D eigenvalue weighted by atomic mass is 16.5. The van der Waals surface area contributed by atoms with Gasteiger partial charge >= 0.3 is 5.97 Å². The van der Waals surface area contributed by atoms with Gasteiger partial charge in [-0.3, -0.25) is 19.2 Å². The molecule has 0 N–H and O–H groups in total. The van der Waals surface area contributed by atoms with Crippen molar-refractivity contribution in [2.24, 2.45) is 17.8 Å². The van der Waals surface area contributed by atoms with Gasteiger partial charge in [-0.05, 0) is 64.7 Å². The van der Waals surface area contributed by atoms with Gasteiger partial charge in [-0.15, -0.1) is 0 Å². The molecule has 0 saturated heterocycles. The van der Waals surface area contributed by atoms with Crippen LogP contribution in [0.25, 0.3) is 0 Å². The molecular weight excluding hydrogens is 440 g/mol. The molecule has 0 radical (unpaired) electrons. The topological polar surface area (TPSA) is 77.5 Å². The number of allylic oxidation sites excluding steroid dienone is 4. The summed E-state index contributed by atoms with van der Waals surface area (Å²) in [6, 6.07) is 0. The summed E-state index contributed by atoms with van der Waals surface area (Å²) in [5.41, 5.74) is 2.36. The Bertz CT molecular complexity index is 731. The summed E-state index contributed by atoms with van der Waals surface area (Å²) in [5, 5.41) is 0. The molecule has 0 aromatic carbocycles. The van der Waals surface area contributed by atoms with Crippen molar-refractivity contribution in [2.45, 2.75) is 119 Å². The Balaban J connectivity index is 0.00000124. The molecule has 35 heavy (non-hydrogen) atoms. The fourth-order valence-electron chi connectivity index (χ4n) is 4.71. The van der Waals surface area contributed by atoms with Gasteiger partial charge in [0, 0.05) is 25.7 Å². The van der Waals surface area contributed by atoms with Gasteiger partial charge in [0.15, 0.2) is 0 Å². The second-order valence-corrected chi connectivity index (χ2v) is 10.1. The number of hydrogen-bond donors (Lipinski definition) is 0. The van der Waals surface area contributed by atoms with E-state index in [1.807, 2.05) is 13.8 Å². The van der Waals surface area contributed by atoms with Crippen LogP contribution in [0.1, 0.15) is 119 Å². The van der Waals surface area contributed by atoms with Crippen molar-refractivity contribution in [3.8, 4) is 0 Å². The summed E-state index contributed by atoms with van der Waals surface area (Å²) in [6.07, 6.45) is 13.3. The highest BCUT2D eigenvalue weighted by Gasteiger charge is 2.29. The molecule has 0 aliphatic heterocycles. The lowest BCUT2D eigenvalue weighted by molar-refractivity contribution is -0.141. The number of hydrogen-bond acceptors (Lipinski definition) is 5. The molecule has 0 fully saturated rings. The summed E-state index contributed by atoms with van der Waals surface area (Å²) in [6.45, 7) is 13.9. The van der Waals surface area contributed by atoms with Crippen LogP contribution in [0.5, 0.6) is 0 Å². The Kier molecular flexibility index (Phi) is 18.1. The smallest absolute Gasteiger partial charge is 0.302 e. The average Bonchev–Trinajstić information content (AvgIpc) is 2.76. The van der Waals surface area contributed by atoms with E-state index in [1.54, 1.807) is 0 Å². The molecule has 3 atom stereocenters. The van der Waals surface area contributed by atoms with Gasteiger partial charge in [-0.2, -0.15) is 0 Å². The Morgan fingerprint density at radius 2 is 1.77 bits per heavy atom. The fourth-order valence-corrected chi connectivity index (χ4v) is 4.71. The molecule has 0 bridgehead atoms. The molecule has 0 aromatic rings. The maximum Gasteiger partial charge on any atom is 0.302 e. The lowest BCUT2D eigenvalue weighted by Crippen LogP contribution is -2.27. The summed E-state index contributed by atoms with van der Waals surface area (Å²) >= 11 is 0. The first-order chi connectivity index (χ1) is 16.5. The van der Waals surface area contributed by atoms with Crippen LogP contribution in [0.4, 0.5) is 0 Å². The second-order valence-electron chi connectivity index (χ2n) is 10.1. The average molecular weight is 491 g/mol. The molecule has 5 heteroatoms. The van der Waals surface area contributed by atoms with Crippen molar-refractivity contribution in [1.29, 1.82) is 0 Å². The zero-order valence-corrected chi connectivity index (χ0v) is 23.4. The number of Topliss-reactive ketones (excluding diaryl/α,β-unsaturated/α-hetero) is 3. The minimum absolute atomic E-state index is 0.0499. The Hall–Kier alpha value is -2.04. The van der Waals surface area contributed by atoms with Crippen molar-refractivity contribution in [1.82, 2.24) is 0 Å². The monoisotopic (exact) mass is 490 g/mol. The summed E-state index contributed by atoms with van der Waals surface area (Å²) < 4.78 is 4.64. The number of unbranched alkanes of at least 4 members (excludes halogenated alkanes) is 1. The van der Waals surface area contributed by atoms with Crippen LogP contribution < -0.4 is 0 Å². The Morgan fingerprint density at radius 3 is 2.31 bits per heavy atom. The van der Waals surface area contributed by atoms with Gasteiger partial charge in [0.2, 0.25) is 0 Å². The molecule has 0 spiro atoms. The van der Waals surface area contributed by atoms with Crippen LogP contribution in [0, 0.1) is 17.8 Å². The minimum atomic E-state index is -0.182. The lowest BCUT2D eigenvalue weighted by atomic mass is 9.75. The molecule has 0 aromatic heterocycles. The van der Waals surface area contributed by atoms with E-state index in [-0.39, 0.29) is 35.8 Å². The molecule has 1 rings (SSSR count). The minimum Gasteiger partial charge on any atom is -0.466 e. The third kappa shape index (κ3) is 15.5. The van der Waals surface area contributed by atoms with Crippen molar-refractivity contribution in [2.75, 3.05) is 6.61 Å². The molecule has 1 aliphatic carbocycles. The molecule has 5 nitrogen and oxygen atoms in total. The van der Waals surface area contributed by atoms with Crippen LogP contribution in [0.15, 0.2) is 23.3 Å². The van der Waals surface area contributed by atoms with Crippen molar-refractivity contribution < 1.29 is 23.9 Å². The number of ketones is 3. The SMILES string of the molecule is CCCC(CC1CC/C=C\C(C)=C(\C)CC(=O)C1)C(CC)C(=O)CC(C)=O.CCCCOC(C)=O. The Labute approximate surface area is 214 Å². The normalized spacial score (nSPS) is 21.2. The van der Waals surface area contributed by atoms with Crippen LogP contribution in [-0.2, 0) is 23.9 Å². The molecule has 0 heterocycles. The van der Waals surface area contributed by atoms with E-state index >= 15 is 0 Å². The van der Waals surface area contributed by atoms with Crippen molar-refractivity contribution in [3.63, 3.8) is 0 Å². The summed E-state index contributed by atoms with van der Waals surface area (Å²) in [4.78, 5) is 46.7. The predicted octanol–water partition coefficient (Wildman–Crippen LogP) is 7.37. The van der Waals surface area contributed by atoms with E-state index < -0.39 is 0 Å². The number of carbonyl (C=O) groups is 4. The van der Waals surface area contributed by atoms with E-state index in [9.17, 15) is 19.2 Å². The van der Waals surface area contributed by atoms with Gasteiger partial charge in [0.1, 0.15) is 17.3 Å². The largest absolute Gasteiger partial charge is 0.466 e. The van der Waals surface area contributed by atoms with E-state index in [0.29, 0.717) is 31.1 Å². The van der Waals surface area contributed by atoms with Gasteiger partial charge in [0.25, 0.3) is 0 Å². The third-order valence-electron chi connectivity index (χ3n) is 6.71. The first kappa shape index (κ1) is 33.0. The Morgan fingerprint density at radius 1 is 1.09 bits per heavy atom. The highest BCUT2D eigenvalue weighted by Crippen LogP contribution is 2.33. The summed E-state index contributed by atoms with van der Waals surface area (Å²) in [7, 11) is 0.